The van der Waals surface area contributed by atoms with Crippen molar-refractivity contribution in [2.45, 2.75) is 26.3 Å². The fraction of sp³-hybridized carbons (Fsp3) is 0.688. The zero-order valence-corrected chi connectivity index (χ0v) is 16.1. The highest BCUT2D eigenvalue weighted by Gasteiger charge is 2.37. The van der Waals surface area contributed by atoms with Gasteiger partial charge in [0.2, 0.25) is 11.8 Å². The fourth-order valence-corrected chi connectivity index (χ4v) is 5.29. The van der Waals surface area contributed by atoms with Crippen LogP contribution in [-0.4, -0.2) is 73.7 Å². The molecule has 0 saturated carbocycles. The van der Waals surface area contributed by atoms with Crippen LogP contribution < -0.4 is 0 Å². The van der Waals surface area contributed by atoms with E-state index in [4.69, 9.17) is 0 Å². The average molecular weight is 369 g/mol. The molecule has 2 fully saturated rings. The molecule has 24 heavy (non-hydrogen) atoms. The van der Waals surface area contributed by atoms with E-state index in [0.29, 0.717) is 18.1 Å². The van der Waals surface area contributed by atoms with Crippen LogP contribution >= 0.6 is 23.5 Å². The van der Waals surface area contributed by atoms with Gasteiger partial charge in [0.15, 0.2) is 0 Å². The van der Waals surface area contributed by atoms with Crippen LogP contribution in [0.15, 0.2) is 0 Å². The van der Waals surface area contributed by atoms with Crippen molar-refractivity contribution in [2.75, 3.05) is 36.2 Å². The van der Waals surface area contributed by atoms with Gasteiger partial charge in [-0.15, -0.1) is 11.8 Å². The summed E-state index contributed by atoms with van der Waals surface area (Å²) in [5.41, 5.74) is 2.90. The molecular weight excluding hydrogens is 344 g/mol. The van der Waals surface area contributed by atoms with Crippen LogP contribution in [0, 0.1) is 13.8 Å². The number of aromatic nitrogens is 2. The van der Waals surface area contributed by atoms with E-state index in [-0.39, 0.29) is 17.9 Å². The second-order valence-corrected chi connectivity index (χ2v) is 8.49. The van der Waals surface area contributed by atoms with E-state index in [9.17, 15) is 9.59 Å². The van der Waals surface area contributed by atoms with Gasteiger partial charge in [-0.3, -0.25) is 14.3 Å². The highest BCUT2D eigenvalue weighted by molar-refractivity contribution is 7.99. The average Bonchev–Trinajstić information content (AvgIpc) is 3.16. The molecule has 6 nitrogen and oxygen atoms in total. The lowest BCUT2D eigenvalue weighted by atomic mass is 10.1. The normalized spacial score (nSPS) is 21.4. The SMILES string of the molecule is Cc1nn(C)c(C)c1CC(=O)N1CSCC1C(=O)N1CCSCC1. The van der Waals surface area contributed by atoms with Gasteiger partial charge in [-0.05, 0) is 13.8 Å². The molecule has 2 saturated heterocycles. The summed E-state index contributed by atoms with van der Waals surface area (Å²) in [6.07, 6.45) is 0.325. The van der Waals surface area contributed by atoms with Gasteiger partial charge in [0, 0.05) is 48.7 Å². The van der Waals surface area contributed by atoms with Crippen LogP contribution in [0.3, 0.4) is 0 Å². The third-order valence-electron chi connectivity index (χ3n) is 4.80. The Morgan fingerprint density at radius 1 is 1.21 bits per heavy atom. The molecule has 132 valence electrons. The number of carbonyl (C=O) groups excluding carboxylic acids is 2. The van der Waals surface area contributed by atoms with Crippen molar-refractivity contribution in [1.82, 2.24) is 19.6 Å². The molecule has 3 heterocycles. The van der Waals surface area contributed by atoms with Gasteiger partial charge < -0.3 is 9.80 Å². The second kappa shape index (κ2) is 7.39. The van der Waals surface area contributed by atoms with Crippen molar-refractivity contribution in [3.8, 4) is 0 Å². The molecule has 0 radical (unpaired) electrons. The predicted molar refractivity (Wildman–Crippen MR) is 98.3 cm³/mol. The number of hydrogen-bond acceptors (Lipinski definition) is 5. The number of amides is 2. The molecule has 2 amide bonds. The molecule has 0 aliphatic carbocycles. The summed E-state index contributed by atoms with van der Waals surface area (Å²) in [5, 5.41) is 4.38. The summed E-state index contributed by atoms with van der Waals surface area (Å²) in [4.78, 5) is 29.3. The quantitative estimate of drug-likeness (QED) is 0.798. The molecule has 1 aromatic heterocycles. The lowest BCUT2D eigenvalue weighted by Crippen LogP contribution is -2.51. The van der Waals surface area contributed by atoms with Crippen LogP contribution in [0.2, 0.25) is 0 Å². The minimum absolute atomic E-state index is 0.0314. The molecule has 1 atom stereocenters. The Labute approximate surface area is 151 Å². The molecule has 0 spiro atoms. The van der Waals surface area contributed by atoms with Crippen LogP contribution in [-0.2, 0) is 23.1 Å². The molecule has 8 heteroatoms. The number of rotatable bonds is 3. The summed E-state index contributed by atoms with van der Waals surface area (Å²) in [6.45, 7) is 5.51. The molecule has 3 rings (SSSR count). The van der Waals surface area contributed by atoms with Crippen LogP contribution in [0.4, 0.5) is 0 Å². The molecule has 2 aliphatic heterocycles. The molecule has 0 N–H and O–H groups in total. The van der Waals surface area contributed by atoms with E-state index >= 15 is 0 Å². The third kappa shape index (κ3) is 3.44. The minimum Gasteiger partial charge on any atom is -0.339 e. The van der Waals surface area contributed by atoms with Gasteiger partial charge >= 0.3 is 0 Å². The Morgan fingerprint density at radius 2 is 1.92 bits per heavy atom. The monoisotopic (exact) mass is 368 g/mol. The number of carbonyl (C=O) groups is 2. The molecule has 1 aromatic rings. The highest BCUT2D eigenvalue weighted by Crippen LogP contribution is 2.25. The summed E-state index contributed by atoms with van der Waals surface area (Å²) in [5.74, 6) is 3.45. The Kier molecular flexibility index (Phi) is 5.44. The first kappa shape index (κ1) is 17.7. The Morgan fingerprint density at radius 3 is 2.54 bits per heavy atom. The maximum atomic E-state index is 12.8. The first-order valence-electron chi connectivity index (χ1n) is 8.22. The molecule has 1 unspecified atom stereocenters. The zero-order valence-electron chi connectivity index (χ0n) is 14.4. The van der Waals surface area contributed by atoms with Gasteiger partial charge in [-0.2, -0.15) is 16.9 Å². The number of hydrogen-bond donors (Lipinski definition) is 0. The van der Waals surface area contributed by atoms with Crippen LogP contribution in [0.25, 0.3) is 0 Å². The number of nitrogens with zero attached hydrogens (tertiary/aromatic N) is 4. The minimum atomic E-state index is -0.303. The summed E-state index contributed by atoms with van der Waals surface area (Å²) >= 11 is 3.55. The zero-order chi connectivity index (χ0) is 17.3. The summed E-state index contributed by atoms with van der Waals surface area (Å²) < 4.78 is 1.81. The lowest BCUT2D eigenvalue weighted by molar-refractivity contribution is -0.142. The van der Waals surface area contributed by atoms with Gasteiger partial charge in [-0.1, -0.05) is 0 Å². The van der Waals surface area contributed by atoms with E-state index in [1.165, 1.54) is 0 Å². The fourth-order valence-electron chi connectivity index (χ4n) is 3.21. The Bertz CT molecular complexity index is 640. The summed E-state index contributed by atoms with van der Waals surface area (Å²) in [6, 6.07) is -0.303. The van der Waals surface area contributed by atoms with E-state index in [0.717, 1.165) is 41.5 Å². The van der Waals surface area contributed by atoms with E-state index in [1.807, 2.05) is 42.2 Å². The first-order chi connectivity index (χ1) is 11.5. The van der Waals surface area contributed by atoms with Gasteiger partial charge in [0.05, 0.1) is 18.0 Å². The maximum Gasteiger partial charge on any atom is 0.246 e. The molecule has 0 bridgehead atoms. The number of thioether (sulfide) groups is 2. The Hall–Kier alpha value is -1.15. The smallest absolute Gasteiger partial charge is 0.246 e. The number of aryl methyl sites for hydroxylation is 2. The molecule has 0 aromatic carbocycles. The summed E-state index contributed by atoms with van der Waals surface area (Å²) in [7, 11) is 1.89. The predicted octanol–water partition coefficient (Wildman–Crippen LogP) is 1.06. The first-order valence-corrected chi connectivity index (χ1v) is 10.5. The third-order valence-corrected chi connectivity index (χ3v) is 6.75. The van der Waals surface area contributed by atoms with Crippen molar-refractivity contribution in [2.24, 2.45) is 7.05 Å². The van der Waals surface area contributed by atoms with Crippen LogP contribution in [0.1, 0.15) is 17.0 Å². The second-order valence-electron chi connectivity index (χ2n) is 6.27. The Balaban J connectivity index is 1.70. The topological polar surface area (TPSA) is 58.4 Å². The molecular formula is C16H24N4O2S2. The van der Waals surface area contributed by atoms with E-state index in [1.54, 1.807) is 16.7 Å². The van der Waals surface area contributed by atoms with Gasteiger partial charge in [-0.25, -0.2) is 0 Å². The van der Waals surface area contributed by atoms with Gasteiger partial charge in [0.1, 0.15) is 6.04 Å². The standard InChI is InChI=1S/C16H24N4O2S2/c1-11-13(12(2)18(3)17-11)8-15(21)20-10-24-9-14(20)16(22)19-4-6-23-7-5-19/h14H,4-10H2,1-3H3. The van der Waals surface area contributed by atoms with Crippen molar-refractivity contribution in [3.05, 3.63) is 17.0 Å². The largest absolute Gasteiger partial charge is 0.339 e. The van der Waals surface area contributed by atoms with Crippen molar-refractivity contribution in [1.29, 1.82) is 0 Å². The lowest BCUT2D eigenvalue weighted by Gasteiger charge is -2.32. The van der Waals surface area contributed by atoms with E-state index in [2.05, 4.69) is 5.10 Å². The van der Waals surface area contributed by atoms with Crippen LogP contribution in [0.5, 0.6) is 0 Å². The maximum absolute atomic E-state index is 12.8. The van der Waals surface area contributed by atoms with Crippen molar-refractivity contribution < 1.29 is 9.59 Å². The molecule has 2 aliphatic rings. The van der Waals surface area contributed by atoms with E-state index < -0.39 is 0 Å². The van der Waals surface area contributed by atoms with Crippen molar-refractivity contribution in [3.63, 3.8) is 0 Å². The van der Waals surface area contributed by atoms with Gasteiger partial charge in [0.25, 0.3) is 0 Å². The van der Waals surface area contributed by atoms with Crippen molar-refractivity contribution >= 4 is 35.3 Å². The highest BCUT2D eigenvalue weighted by atomic mass is 32.2.